The maximum Gasteiger partial charge on any atom is 0.111 e. The normalized spacial score (nSPS) is 11.1. The molecule has 186 valence electrons. The van der Waals surface area contributed by atoms with Gasteiger partial charge < -0.3 is 42.6 Å². The maximum atomic E-state index is 5.43. The largest absolute Gasteiger partial charge is 0.499 e. The quantitative estimate of drug-likeness (QED) is 0.131. The van der Waals surface area contributed by atoms with Crippen molar-refractivity contribution in [1.29, 1.82) is 0 Å². The summed E-state index contributed by atoms with van der Waals surface area (Å²) >= 11 is 0. The maximum absolute atomic E-state index is 5.43. The molecule has 0 unspecified atom stereocenters. The lowest BCUT2D eigenvalue weighted by Gasteiger charge is -2.08. The Morgan fingerprint density at radius 2 is 0.677 bits per heavy atom. The third-order valence-electron chi connectivity index (χ3n) is 3.71. The molecule has 0 rings (SSSR count). The predicted octanol–water partition coefficient (Wildman–Crippen LogP) is 2.08. The van der Waals surface area contributed by atoms with Crippen LogP contribution in [0.3, 0.4) is 0 Å². The Kier molecular flexibility index (Phi) is 28.5. The monoisotopic (exact) mass is 452 g/mol. The highest BCUT2D eigenvalue weighted by Gasteiger charge is 1.95. The van der Waals surface area contributed by atoms with E-state index >= 15 is 0 Å². The number of ether oxygens (including phenoxy) is 9. The van der Waals surface area contributed by atoms with E-state index in [2.05, 4.69) is 13.5 Å². The van der Waals surface area contributed by atoms with Crippen molar-refractivity contribution in [3.8, 4) is 0 Å². The van der Waals surface area contributed by atoms with Crippen molar-refractivity contribution in [3.63, 3.8) is 0 Å². The van der Waals surface area contributed by atoms with Gasteiger partial charge in [-0.1, -0.05) is 19.9 Å². The fourth-order valence-electron chi connectivity index (χ4n) is 2.08. The van der Waals surface area contributed by atoms with Crippen LogP contribution < -0.4 is 0 Å². The van der Waals surface area contributed by atoms with E-state index in [-0.39, 0.29) is 0 Å². The van der Waals surface area contributed by atoms with E-state index in [1.54, 1.807) is 0 Å². The number of rotatable bonds is 28. The van der Waals surface area contributed by atoms with Crippen LogP contribution in [-0.4, -0.2) is 112 Å². The number of hydrogen-bond acceptors (Lipinski definition) is 9. The number of unbranched alkanes of at least 4 members (excludes halogenated alkanes) is 1. The molecule has 0 atom stereocenters. The van der Waals surface area contributed by atoms with Gasteiger partial charge in [0.1, 0.15) is 6.61 Å². The highest BCUT2D eigenvalue weighted by Crippen LogP contribution is 1.88. The zero-order chi connectivity index (χ0) is 22.5. The van der Waals surface area contributed by atoms with Gasteiger partial charge in [0.25, 0.3) is 0 Å². The van der Waals surface area contributed by atoms with E-state index < -0.39 is 0 Å². The molecule has 0 radical (unpaired) electrons. The van der Waals surface area contributed by atoms with Crippen LogP contribution in [-0.2, 0) is 42.6 Å². The van der Waals surface area contributed by atoms with Crippen molar-refractivity contribution in [1.82, 2.24) is 0 Å². The van der Waals surface area contributed by atoms with Crippen LogP contribution in [0, 0.1) is 0 Å². The van der Waals surface area contributed by atoms with Crippen molar-refractivity contribution in [2.24, 2.45) is 0 Å². The predicted molar refractivity (Wildman–Crippen MR) is 118 cm³/mol. The molecule has 31 heavy (non-hydrogen) atoms. The van der Waals surface area contributed by atoms with Crippen LogP contribution in [0.4, 0.5) is 0 Å². The first kappa shape index (κ1) is 30.2. The Labute approximate surface area is 188 Å². The molecule has 9 nitrogen and oxygen atoms in total. The summed E-state index contributed by atoms with van der Waals surface area (Å²) in [4.78, 5) is 0. The standard InChI is InChI=1S/C22H44O9/c1-3-5-6-24-9-10-26-13-14-28-17-18-30-21-22-31-20-19-29-16-15-27-12-11-25-8-7-23-4-2/h4H,2-3,5-22H2,1H3. The minimum atomic E-state index is 0.511. The lowest BCUT2D eigenvalue weighted by Crippen LogP contribution is -2.15. The molecular formula is C22H44O9. The third-order valence-corrected chi connectivity index (χ3v) is 3.71. The van der Waals surface area contributed by atoms with Gasteiger partial charge in [-0.3, -0.25) is 0 Å². The van der Waals surface area contributed by atoms with Crippen LogP contribution in [0.5, 0.6) is 0 Å². The molecule has 0 aliphatic rings. The van der Waals surface area contributed by atoms with E-state index in [0.29, 0.717) is 106 Å². The van der Waals surface area contributed by atoms with Gasteiger partial charge in [0, 0.05) is 6.61 Å². The van der Waals surface area contributed by atoms with Crippen molar-refractivity contribution in [3.05, 3.63) is 12.8 Å². The van der Waals surface area contributed by atoms with E-state index in [1.165, 1.54) is 6.26 Å². The summed E-state index contributed by atoms with van der Waals surface area (Å²) in [5.41, 5.74) is 0. The Morgan fingerprint density at radius 1 is 0.419 bits per heavy atom. The van der Waals surface area contributed by atoms with E-state index in [0.717, 1.165) is 19.4 Å². The topological polar surface area (TPSA) is 83.1 Å². The lowest BCUT2D eigenvalue weighted by molar-refractivity contribution is -0.0239. The zero-order valence-electron chi connectivity index (χ0n) is 19.4. The Morgan fingerprint density at radius 3 is 0.935 bits per heavy atom. The molecule has 0 saturated heterocycles. The summed E-state index contributed by atoms with van der Waals surface area (Å²) in [6.07, 6.45) is 3.65. The van der Waals surface area contributed by atoms with Gasteiger partial charge in [0.15, 0.2) is 0 Å². The second-order valence-corrected chi connectivity index (χ2v) is 6.29. The molecule has 0 spiro atoms. The van der Waals surface area contributed by atoms with Crippen LogP contribution in [0.15, 0.2) is 12.8 Å². The minimum absolute atomic E-state index is 0.511. The van der Waals surface area contributed by atoms with Gasteiger partial charge >= 0.3 is 0 Å². The summed E-state index contributed by atoms with van der Waals surface area (Å²) < 4.78 is 48.1. The first-order chi connectivity index (χ1) is 15.4. The second kappa shape index (κ2) is 29.2. The highest BCUT2D eigenvalue weighted by molar-refractivity contribution is 4.47. The van der Waals surface area contributed by atoms with E-state index in [1.807, 2.05) is 0 Å². The molecule has 0 saturated carbocycles. The lowest BCUT2D eigenvalue weighted by atomic mass is 10.4. The van der Waals surface area contributed by atoms with Crippen molar-refractivity contribution in [2.75, 3.05) is 112 Å². The van der Waals surface area contributed by atoms with Gasteiger partial charge in [0.05, 0.1) is 105 Å². The van der Waals surface area contributed by atoms with Crippen LogP contribution in [0.2, 0.25) is 0 Å². The Bertz CT molecular complexity index is 332. The van der Waals surface area contributed by atoms with Crippen LogP contribution in [0.1, 0.15) is 19.8 Å². The highest BCUT2D eigenvalue weighted by atomic mass is 16.6. The summed E-state index contributed by atoms with van der Waals surface area (Å²) in [7, 11) is 0. The zero-order valence-corrected chi connectivity index (χ0v) is 19.4. The molecule has 0 aromatic carbocycles. The minimum Gasteiger partial charge on any atom is -0.499 e. The molecule has 0 N–H and O–H groups in total. The molecule has 9 heteroatoms. The Hall–Kier alpha value is -0.780. The first-order valence-electron chi connectivity index (χ1n) is 11.3. The van der Waals surface area contributed by atoms with Gasteiger partial charge in [-0.2, -0.15) is 0 Å². The summed E-state index contributed by atoms with van der Waals surface area (Å²) in [5, 5.41) is 0. The fraction of sp³-hybridized carbons (Fsp3) is 0.909. The van der Waals surface area contributed by atoms with Gasteiger partial charge in [-0.05, 0) is 6.42 Å². The molecule has 0 bridgehead atoms. The average Bonchev–Trinajstić information content (AvgIpc) is 2.78. The molecule has 0 amide bonds. The van der Waals surface area contributed by atoms with Crippen molar-refractivity contribution >= 4 is 0 Å². The van der Waals surface area contributed by atoms with Crippen LogP contribution in [0.25, 0.3) is 0 Å². The first-order valence-corrected chi connectivity index (χ1v) is 11.3. The molecule has 0 aliphatic heterocycles. The molecule has 0 fully saturated rings. The fourth-order valence-corrected chi connectivity index (χ4v) is 2.08. The SMILES string of the molecule is C=COCCOCCOCCOCCOCCOCCOCCOCCOCCCC. The summed E-state index contributed by atoms with van der Waals surface area (Å²) in [5.74, 6) is 0. The van der Waals surface area contributed by atoms with Gasteiger partial charge in [-0.15, -0.1) is 0 Å². The smallest absolute Gasteiger partial charge is 0.111 e. The molecule has 0 heterocycles. The second-order valence-electron chi connectivity index (χ2n) is 6.29. The molecule has 0 aromatic heterocycles. The van der Waals surface area contributed by atoms with Crippen molar-refractivity contribution < 1.29 is 42.6 Å². The third kappa shape index (κ3) is 29.2. The Balaban J connectivity index is 2.98. The molecular weight excluding hydrogens is 408 g/mol. The van der Waals surface area contributed by atoms with Gasteiger partial charge in [0.2, 0.25) is 0 Å². The number of hydrogen-bond donors (Lipinski definition) is 0. The van der Waals surface area contributed by atoms with E-state index in [4.69, 9.17) is 42.6 Å². The average molecular weight is 453 g/mol. The molecule has 0 aliphatic carbocycles. The summed E-state index contributed by atoms with van der Waals surface area (Å²) in [6, 6.07) is 0. The van der Waals surface area contributed by atoms with Crippen LogP contribution >= 0.6 is 0 Å². The van der Waals surface area contributed by atoms with E-state index in [9.17, 15) is 0 Å². The van der Waals surface area contributed by atoms with Crippen molar-refractivity contribution in [2.45, 2.75) is 19.8 Å². The van der Waals surface area contributed by atoms with Gasteiger partial charge in [-0.25, -0.2) is 0 Å². The summed E-state index contributed by atoms with van der Waals surface area (Å²) in [6.45, 7) is 15.2. The molecule has 0 aromatic rings.